The molecule has 0 aliphatic rings. The Morgan fingerprint density at radius 2 is 1.93 bits per heavy atom. The summed E-state index contributed by atoms with van der Waals surface area (Å²) in [5.41, 5.74) is 3.74. The maximum atomic E-state index is 13.1. The number of hydrogen-bond acceptors (Lipinski definition) is 2. The van der Waals surface area contributed by atoms with Crippen molar-refractivity contribution in [2.45, 2.75) is 12.3 Å². The first-order valence-corrected chi connectivity index (χ1v) is 4.11. The largest absolute Gasteiger partial charge is 0.416 e. The molecule has 2 nitrogen and oxygen atoms in total. The minimum Gasteiger partial charge on any atom is -0.387 e. The molecule has 1 rings (SSSR count). The molecule has 0 amide bonds. The Kier molecular flexibility index (Phi) is 3.31. The van der Waals surface area contributed by atoms with Crippen LogP contribution in [0.5, 0.6) is 0 Å². The highest BCUT2D eigenvalue weighted by Gasteiger charge is 2.31. The Labute approximate surface area is 83.3 Å². The van der Waals surface area contributed by atoms with E-state index < -0.39 is 23.7 Å². The van der Waals surface area contributed by atoms with Crippen LogP contribution in [0.2, 0.25) is 0 Å². The van der Waals surface area contributed by atoms with E-state index in [0.717, 1.165) is 6.07 Å². The summed E-state index contributed by atoms with van der Waals surface area (Å²) >= 11 is 0. The van der Waals surface area contributed by atoms with E-state index in [1.54, 1.807) is 0 Å². The van der Waals surface area contributed by atoms with Crippen molar-refractivity contribution in [1.29, 1.82) is 0 Å². The molecule has 0 saturated heterocycles. The number of alkyl halides is 3. The van der Waals surface area contributed by atoms with Crippen LogP contribution in [0.3, 0.4) is 0 Å². The van der Waals surface area contributed by atoms with Gasteiger partial charge in [0.05, 0.1) is 11.7 Å². The maximum Gasteiger partial charge on any atom is 0.416 e. The van der Waals surface area contributed by atoms with Gasteiger partial charge < -0.3 is 10.8 Å². The number of aliphatic hydroxyl groups excluding tert-OH is 1. The van der Waals surface area contributed by atoms with Crippen LogP contribution >= 0.6 is 0 Å². The highest BCUT2D eigenvalue weighted by Crippen LogP contribution is 2.31. The fraction of sp³-hybridized carbons (Fsp3) is 0.333. The Bertz CT molecular complexity index is 350. The lowest BCUT2D eigenvalue weighted by atomic mass is 10.1. The van der Waals surface area contributed by atoms with Crippen LogP contribution in [-0.4, -0.2) is 11.7 Å². The average Bonchev–Trinajstić information content (AvgIpc) is 2.15. The Hall–Kier alpha value is -1.14. The van der Waals surface area contributed by atoms with E-state index >= 15 is 0 Å². The number of halogens is 4. The molecule has 0 spiro atoms. The van der Waals surface area contributed by atoms with Gasteiger partial charge in [-0.1, -0.05) is 6.07 Å². The van der Waals surface area contributed by atoms with Crippen molar-refractivity contribution >= 4 is 0 Å². The summed E-state index contributed by atoms with van der Waals surface area (Å²) in [6.07, 6.45) is -5.88. The first-order chi connectivity index (χ1) is 6.86. The maximum absolute atomic E-state index is 13.1. The Balaban J connectivity index is 3.09. The van der Waals surface area contributed by atoms with Crippen LogP contribution < -0.4 is 5.73 Å². The molecule has 0 unspecified atom stereocenters. The smallest absolute Gasteiger partial charge is 0.387 e. The van der Waals surface area contributed by atoms with Gasteiger partial charge in [-0.2, -0.15) is 13.2 Å². The number of hydrogen-bond donors (Lipinski definition) is 2. The van der Waals surface area contributed by atoms with E-state index in [1.165, 1.54) is 0 Å². The van der Waals surface area contributed by atoms with E-state index in [9.17, 15) is 17.6 Å². The molecule has 1 atom stereocenters. The monoisotopic (exact) mass is 223 g/mol. The minimum atomic E-state index is -4.59. The van der Waals surface area contributed by atoms with Crippen LogP contribution in [0.25, 0.3) is 0 Å². The van der Waals surface area contributed by atoms with Crippen molar-refractivity contribution in [3.05, 3.63) is 35.1 Å². The second kappa shape index (κ2) is 4.16. The van der Waals surface area contributed by atoms with E-state index in [2.05, 4.69) is 0 Å². The molecular weight excluding hydrogens is 214 g/mol. The molecule has 0 aliphatic heterocycles. The van der Waals surface area contributed by atoms with E-state index in [4.69, 9.17) is 10.8 Å². The van der Waals surface area contributed by atoms with Gasteiger partial charge in [-0.25, -0.2) is 4.39 Å². The molecule has 1 aromatic carbocycles. The van der Waals surface area contributed by atoms with Crippen LogP contribution in [0, 0.1) is 5.82 Å². The van der Waals surface area contributed by atoms with Crippen LogP contribution in [0.4, 0.5) is 17.6 Å². The lowest BCUT2D eigenvalue weighted by molar-refractivity contribution is -0.137. The van der Waals surface area contributed by atoms with Gasteiger partial charge in [-0.15, -0.1) is 0 Å². The molecular formula is C9H9F4NO. The SMILES string of the molecule is NC[C@H](O)c1ccc(C(F)(F)F)cc1F. The molecule has 0 aromatic heterocycles. The molecule has 0 saturated carbocycles. The van der Waals surface area contributed by atoms with Gasteiger partial charge in [0.2, 0.25) is 0 Å². The number of benzene rings is 1. The molecule has 84 valence electrons. The predicted octanol–water partition coefficient (Wildman–Crippen LogP) is 1.84. The van der Waals surface area contributed by atoms with Crippen LogP contribution in [-0.2, 0) is 6.18 Å². The average molecular weight is 223 g/mol. The second-order valence-electron chi connectivity index (χ2n) is 2.99. The first-order valence-electron chi connectivity index (χ1n) is 4.11. The number of nitrogens with two attached hydrogens (primary N) is 1. The lowest BCUT2D eigenvalue weighted by Crippen LogP contribution is -2.14. The minimum absolute atomic E-state index is 0.231. The zero-order chi connectivity index (χ0) is 11.6. The summed E-state index contributed by atoms with van der Waals surface area (Å²) in [6.45, 7) is -0.248. The zero-order valence-corrected chi connectivity index (χ0v) is 7.55. The van der Waals surface area contributed by atoms with Crippen molar-refractivity contribution < 1.29 is 22.7 Å². The topological polar surface area (TPSA) is 46.2 Å². The fourth-order valence-corrected chi connectivity index (χ4v) is 1.10. The van der Waals surface area contributed by atoms with Crippen LogP contribution in [0.1, 0.15) is 17.2 Å². The molecule has 3 N–H and O–H groups in total. The van der Waals surface area contributed by atoms with Gasteiger partial charge in [-0.3, -0.25) is 0 Å². The number of aliphatic hydroxyl groups is 1. The van der Waals surface area contributed by atoms with Gasteiger partial charge >= 0.3 is 6.18 Å². The quantitative estimate of drug-likeness (QED) is 0.751. The molecule has 0 aliphatic carbocycles. The predicted molar refractivity (Wildman–Crippen MR) is 45.4 cm³/mol. The van der Waals surface area contributed by atoms with Crippen LogP contribution in [0.15, 0.2) is 18.2 Å². The summed E-state index contributed by atoms with van der Waals surface area (Å²) in [4.78, 5) is 0. The molecule has 1 aromatic rings. The van der Waals surface area contributed by atoms with E-state index in [1.807, 2.05) is 0 Å². The molecule has 0 radical (unpaired) electrons. The normalized spacial score (nSPS) is 14.0. The van der Waals surface area contributed by atoms with Gasteiger partial charge in [0, 0.05) is 12.1 Å². The molecule has 15 heavy (non-hydrogen) atoms. The van der Waals surface area contributed by atoms with Gasteiger partial charge in [-0.05, 0) is 12.1 Å². The van der Waals surface area contributed by atoms with Crippen molar-refractivity contribution in [3.63, 3.8) is 0 Å². The highest BCUT2D eigenvalue weighted by molar-refractivity contribution is 5.27. The summed E-state index contributed by atoms with van der Waals surface area (Å²) in [7, 11) is 0. The number of rotatable bonds is 2. The zero-order valence-electron chi connectivity index (χ0n) is 7.55. The summed E-state index contributed by atoms with van der Waals surface area (Å²) < 4.78 is 49.5. The van der Waals surface area contributed by atoms with Gasteiger partial charge in [0.15, 0.2) is 0 Å². The third-order valence-corrected chi connectivity index (χ3v) is 1.91. The van der Waals surface area contributed by atoms with Crippen molar-refractivity contribution in [2.24, 2.45) is 5.73 Å². The van der Waals surface area contributed by atoms with Gasteiger partial charge in [0.25, 0.3) is 0 Å². The van der Waals surface area contributed by atoms with Gasteiger partial charge in [0.1, 0.15) is 5.82 Å². The lowest BCUT2D eigenvalue weighted by Gasteiger charge is -2.12. The van der Waals surface area contributed by atoms with Crippen molar-refractivity contribution in [2.75, 3.05) is 6.54 Å². The fourth-order valence-electron chi connectivity index (χ4n) is 1.10. The highest BCUT2D eigenvalue weighted by atomic mass is 19.4. The first kappa shape index (κ1) is 11.9. The Morgan fingerprint density at radius 1 is 1.33 bits per heavy atom. The van der Waals surface area contributed by atoms with Crippen molar-refractivity contribution in [1.82, 2.24) is 0 Å². The third kappa shape index (κ3) is 2.66. The summed E-state index contributed by atoms with van der Waals surface area (Å²) in [6, 6.07) is 1.93. The molecule has 0 fully saturated rings. The van der Waals surface area contributed by atoms with E-state index in [0.29, 0.717) is 12.1 Å². The molecule has 0 bridgehead atoms. The summed E-state index contributed by atoms with van der Waals surface area (Å²) in [5.74, 6) is -1.11. The van der Waals surface area contributed by atoms with E-state index in [-0.39, 0.29) is 12.1 Å². The second-order valence-corrected chi connectivity index (χ2v) is 2.99. The molecule has 6 heteroatoms. The standard InChI is InChI=1S/C9H9F4NO/c10-7-3-5(9(11,12)13)1-2-6(7)8(15)4-14/h1-3,8,15H,4,14H2/t8-/m0/s1. The third-order valence-electron chi connectivity index (χ3n) is 1.91. The van der Waals surface area contributed by atoms with Crippen molar-refractivity contribution in [3.8, 4) is 0 Å². The summed E-state index contributed by atoms with van der Waals surface area (Å²) in [5, 5.41) is 9.16. The Morgan fingerprint density at radius 3 is 2.33 bits per heavy atom. The molecule has 0 heterocycles.